The molecule has 1 aliphatic heterocycles. The molecular formula is C18H26N2O. The minimum Gasteiger partial charge on any atom is -0.459 e. The van der Waals surface area contributed by atoms with E-state index < -0.39 is 0 Å². The summed E-state index contributed by atoms with van der Waals surface area (Å²) in [4.78, 5) is 2.57. The van der Waals surface area contributed by atoms with Gasteiger partial charge in [-0.05, 0) is 39.0 Å². The molecule has 0 aliphatic carbocycles. The summed E-state index contributed by atoms with van der Waals surface area (Å²) in [6.07, 6.45) is 6.80. The fourth-order valence-corrected chi connectivity index (χ4v) is 3.32. The van der Waals surface area contributed by atoms with Crippen LogP contribution >= 0.6 is 0 Å². The maximum Gasteiger partial charge on any atom is 0.134 e. The maximum atomic E-state index is 6.14. The van der Waals surface area contributed by atoms with Gasteiger partial charge < -0.3 is 9.73 Å². The lowest BCUT2D eigenvalue weighted by atomic mass is 10.1. The predicted molar refractivity (Wildman–Crippen MR) is 87.3 cm³/mol. The number of nitrogens with zero attached hydrogens (tertiary/aromatic N) is 1. The SMILES string of the molecule is CNCc1c(CN2CCCCCCC2)oc2ccccc12. The molecule has 1 aliphatic rings. The van der Waals surface area contributed by atoms with Crippen molar-refractivity contribution in [3.05, 3.63) is 35.6 Å². The second kappa shape index (κ2) is 7.10. The third-order valence-electron chi connectivity index (χ3n) is 4.45. The molecule has 1 saturated heterocycles. The first kappa shape index (κ1) is 14.6. The number of furan rings is 1. The van der Waals surface area contributed by atoms with Crippen LogP contribution in [-0.2, 0) is 13.1 Å². The van der Waals surface area contributed by atoms with Crippen LogP contribution in [0.1, 0.15) is 43.4 Å². The van der Waals surface area contributed by atoms with Gasteiger partial charge in [0.2, 0.25) is 0 Å². The van der Waals surface area contributed by atoms with Crippen molar-refractivity contribution in [3.8, 4) is 0 Å². The largest absolute Gasteiger partial charge is 0.459 e. The van der Waals surface area contributed by atoms with E-state index in [2.05, 4.69) is 34.5 Å². The summed E-state index contributed by atoms with van der Waals surface area (Å²) < 4.78 is 6.14. The Balaban J connectivity index is 1.82. The summed E-state index contributed by atoms with van der Waals surface area (Å²) in [6, 6.07) is 8.39. The van der Waals surface area contributed by atoms with Crippen molar-refractivity contribution in [1.82, 2.24) is 10.2 Å². The van der Waals surface area contributed by atoms with Crippen LogP contribution in [0.2, 0.25) is 0 Å². The zero-order chi connectivity index (χ0) is 14.5. The minimum atomic E-state index is 0.875. The van der Waals surface area contributed by atoms with Crippen molar-refractivity contribution in [2.24, 2.45) is 0 Å². The van der Waals surface area contributed by atoms with Gasteiger partial charge in [0.25, 0.3) is 0 Å². The van der Waals surface area contributed by atoms with Gasteiger partial charge in [0, 0.05) is 17.5 Å². The highest BCUT2D eigenvalue weighted by molar-refractivity contribution is 5.82. The number of fused-ring (bicyclic) bond motifs is 1. The summed E-state index contributed by atoms with van der Waals surface area (Å²) in [7, 11) is 2.00. The van der Waals surface area contributed by atoms with Crippen LogP contribution in [0.5, 0.6) is 0 Å². The molecule has 3 rings (SSSR count). The Morgan fingerprint density at radius 3 is 2.52 bits per heavy atom. The average molecular weight is 286 g/mol. The lowest BCUT2D eigenvalue weighted by molar-refractivity contribution is 0.223. The van der Waals surface area contributed by atoms with E-state index >= 15 is 0 Å². The Bertz CT molecular complexity index is 568. The molecule has 2 heterocycles. The van der Waals surface area contributed by atoms with Gasteiger partial charge in [0.05, 0.1) is 6.54 Å². The van der Waals surface area contributed by atoms with Gasteiger partial charge in [0.1, 0.15) is 11.3 Å². The smallest absolute Gasteiger partial charge is 0.134 e. The molecule has 1 aromatic heterocycles. The number of nitrogens with one attached hydrogen (secondary N) is 1. The Morgan fingerprint density at radius 2 is 1.76 bits per heavy atom. The summed E-state index contributed by atoms with van der Waals surface area (Å²) in [6.45, 7) is 4.23. The highest BCUT2D eigenvalue weighted by Crippen LogP contribution is 2.27. The highest BCUT2D eigenvalue weighted by atomic mass is 16.3. The van der Waals surface area contributed by atoms with Crippen LogP contribution in [0, 0.1) is 0 Å². The lowest BCUT2D eigenvalue weighted by Crippen LogP contribution is -2.27. The monoisotopic (exact) mass is 286 g/mol. The van der Waals surface area contributed by atoms with E-state index in [9.17, 15) is 0 Å². The topological polar surface area (TPSA) is 28.4 Å². The molecule has 3 heteroatoms. The van der Waals surface area contributed by atoms with Gasteiger partial charge >= 0.3 is 0 Å². The third kappa shape index (κ3) is 3.47. The molecular weight excluding hydrogens is 260 g/mol. The van der Waals surface area contributed by atoms with Crippen LogP contribution in [0.4, 0.5) is 0 Å². The average Bonchev–Trinajstić information content (AvgIpc) is 2.80. The van der Waals surface area contributed by atoms with Crippen molar-refractivity contribution in [3.63, 3.8) is 0 Å². The van der Waals surface area contributed by atoms with E-state index in [0.29, 0.717) is 0 Å². The number of hydrogen-bond donors (Lipinski definition) is 1. The first-order valence-corrected chi connectivity index (χ1v) is 8.24. The van der Waals surface area contributed by atoms with E-state index in [1.54, 1.807) is 0 Å². The van der Waals surface area contributed by atoms with Crippen molar-refractivity contribution >= 4 is 11.0 Å². The van der Waals surface area contributed by atoms with Crippen LogP contribution in [0.25, 0.3) is 11.0 Å². The molecule has 21 heavy (non-hydrogen) atoms. The molecule has 1 N–H and O–H groups in total. The van der Waals surface area contributed by atoms with Gasteiger partial charge in [-0.15, -0.1) is 0 Å². The van der Waals surface area contributed by atoms with E-state index in [-0.39, 0.29) is 0 Å². The molecule has 1 aromatic carbocycles. The quantitative estimate of drug-likeness (QED) is 0.923. The summed E-state index contributed by atoms with van der Waals surface area (Å²) >= 11 is 0. The highest BCUT2D eigenvalue weighted by Gasteiger charge is 2.17. The van der Waals surface area contributed by atoms with Crippen LogP contribution in [0.3, 0.4) is 0 Å². The Hall–Kier alpha value is -1.32. The molecule has 1 fully saturated rings. The zero-order valence-corrected chi connectivity index (χ0v) is 13.0. The number of rotatable bonds is 4. The van der Waals surface area contributed by atoms with Crippen molar-refractivity contribution in [2.75, 3.05) is 20.1 Å². The standard InChI is InChI=1S/C18H26N2O/c1-19-13-16-15-9-5-6-10-17(15)21-18(16)14-20-11-7-3-2-4-8-12-20/h5-6,9-10,19H,2-4,7-8,11-14H2,1H3. The van der Waals surface area contributed by atoms with Crippen molar-refractivity contribution in [2.45, 2.75) is 45.2 Å². The molecule has 0 bridgehead atoms. The molecule has 0 saturated carbocycles. The molecule has 114 valence electrons. The van der Waals surface area contributed by atoms with Crippen LogP contribution in [0.15, 0.2) is 28.7 Å². The fourth-order valence-electron chi connectivity index (χ4n) is 3.32. The van der Waals surface area contributed by atoms with Crippen molar-refractivity contribution < 1.29 is 4.42 Å². The summed E-state index contributed by atoms with van der Waals surface area (Å²) in [5, 5.41) is 4.54. The second-order valence-corrected chi connectivity index (χ2v) is 6.07. The fraction of sp³-hybridized carbons (Fsp3) is 0.556. The lowest BCUT2D eigenvalue weighted by Gasteiger charge is -2.23. The summed E-state index contributed by atoms with van der Waals surface area (Å²) in [5.41, 5.74) is 2.35. The third-order valence-corrected chi connectivity index (χ3v) is 4.45. The maximum absolute atomic E-state index is 6.14. The first-order chi connectivity index (χ1) is 10.4. The minimum absolute atomic E-state index is 0.875. The molecule has 0 spiro atoms. The van der Waals surface area contributed by atoms with E-state index in [0.717, 1.165) is 24.4 Å². The van der Waals surface area contributed by atoms with E-state index in [4.69, 9.17) is 4.42 Å². The number of likely N-dealkylation sites (tertiary alicyclic amines) is 1. The molecule has 0 amide bonds. The van der Waals surface area contributed by atoms with Gasteiger partial charge in [-0.3, -0.25) is 4.90 Å². The summed E-state index contributed by atoms with van der Waals surface area (Å²) in [5.74, 6) is 1.14. The predicted octanol–water partition coefficient (Wildman–Crippen LogP) is 3.92. The number of para-hydroxylation sites is 1. The second-order valence-electron chi connectivity index (χ2n) is 6.07. The van der Waals surface area contributed by atoms with Gasteiger partial charge in [-0.1, -0.05) is 37.5 Å². The molecule has 0 atom stereocenters. The Morgan fingerprint density at radius 1 is 1.05 bits per heavy atom. The number of hydrogen-bond acceptors (Lipinski definition) is 3. The number of benzene rings is 1. The molecule has 0 unspecified atom stereocenters. The van der Waals surface area contributed by atoms with E-state index in [1.807, 2.05) is 7.05 Å². The van der Waals surface area contributed by atoms with Crippen LogP contribution in [-0.4, -0.2) is 25.0 Å². The Kier molecular flexibility index (Phi) is 4.94. The Labute approximate surface area is 127 Å². The zero-order valence-electron chi connectivity index (χ0n) is 13.0. The molecule has 0 radical (unpaired) electrons. The normalized spacial score (nSPS) is 17.8. The molecule has 3 nitrogen and oxygen atoms in total. The molecule has 2 aromatic rings. The van der Waals surface area contributed by atoms with Gasteiger partial charge in [0.15, 0.2) is 0 Å². The van der Waals surface area contributed by atoms with Crippen LogP contribution < -0.4 is 5.32 Å². The van der Waals surface area contributed by atoms with Gasteiger partial charge in [-0.2, -0.15) is 0 Å². The van der Waals surface area contributed by atoms with E-state index in [1.165, 1.54) is 56.1 Å². The van der Waals surface area contributed by atoms with Gasteiger partial charge in [-0.25, -0.2) is 0 Å². The first-order valence-electron chi connectivity index (χ1n) is 8.24. The van der Waals surface area contributed by atoms with Crippen molar-refractivity contribution in [1.29, 1.82) is 0 Å².